The molecule has 0 spiro atoms. The Balaban J connectivity index is 0.000000188. The van der Waals surface area contributed by atoms with Gasteiger partial charge >= 0.3 is 298 Å². The number of nitrogens with zero attached hydrogens (tertiary/aromatic N) is 8. The van der Waals surface area contributed by atoms with Crippen LogP contribution in [0, 0.1) is 33.6 Å². The van der Waals surface area contributed by atoms with Crippen molar-refractivity contribution < 1.29 is 41.4 Å². The SMILES string of the molecule is [2H]c1c[c-]c(-n2ccn(CCCCCc3cc(C)[n-]n3)[c]2=[Pt])cc1.[2H]c1c[c-]c(-n2ccn(CCCCCc3cc(C)[n-]n3)[c]2=[Pt])cc1. The summed E-state index contributed by atoms with van der Waals surface area (Å²) in [5.41, 5.74) is 6.17. The zero-order chi connectivity index (χ0) is 33.9. The molecule has 0 amide bonds. The Labute approximate surface area is 296 Å². The first-order valence-electron chi connectivity index (χ1n) is 16.6. The summed E-state index contributed by atoms with van der Waals surface area (Å²) in [4.78, 5) is 0. The van der Waals surface area contributed by atoms with Crippen LogP contribution in [-0.4, -0.2) is 28.5 Å². The van der Waals surface area contributed by atoms with E-state index in [1.54, 1.807) is 24.3 Å². The molecule has 0 fully saturated rings. The first kappa shape index (κ1) is 31.3. The van der Waals surface area contributed by atoms with Crippen molar-refractivity contribution in [1.82, 2.24) is 38.7 Å². The monoisotopic (exact) mass is 976 g/mol. The molecule has 0 bridgehead atoms. The van der Waals surface area contributed by atoms with Gasteiger partial charge in [0.05, 0.1) is 0 Å². The second kappa shape index (κ2) is 17.5. The van der Waals surface area contributed by atoms with E-state index >= 15 is 0 Å². The molecule has 0 unspecified atom stereocenters. The van der Waals surface area contributed by atoms with Crippen LogP contribution in [0.25, 0.3) is 11.4 Å². The predicted octanol–water partition coefficient (Wildman–Crippen LogP) is 6.46. The van der Waals surface area contributed by atoms with Gasteiger partial charge in [-0.25, -0.2) is 0 Å². The molecular weight excluding hydrogens is 935 g/mol. The third kappa shape index (κ3) is 9.83. The van der Waals surface area contributed by atoms with E-state index in [1.165, 1.54) is 12.8 Å². The summed E-state index contributed by atoms with van der Waals surface area (Å²) in [6.07, 6.45) is 17.3. The van der Waals surface area contributed by atoms with Crippen molar-refractivity contribution in [3.05, 3.63) is 128 Å². The Kier molecular flexibility index (Phi) is 11.9. The minimum atomic E-state index is 0.485. The van der Waals surface area contributed by atoms with Crippen LogP contribution in [0.5, 0.6) is 0 Å². The van der Waals surface area contributed by atoms with Gasteiger partial charge in [0, 0.05) is 0 Å². The molecule has 6 aromatic rings. The van der Waals surface area contributed by atoms with Gasteiger partial charge in [-0.05, 0) is 0 Å². The topological polar surface area (TPSA) is 73.7 Å². The van der Waals surface area contributed by atoms with Crippen LogP contribution >= 0.6 is 0 Å². The number of hydrogen-bond acceptors (Lipinski definition) is 2. The van der Waals surface area contributed by atoms with Gasteiger partial charge in [0.1, 0.15) is 0 Å². The first-order valence-corrected chi connectivity index (χ1v) is 17.9. The number of imidazole rings is 2. The average molecular weight is 977 g/mol. The van der Waals surface area contributed by atoms with Gasteiger partial charge < -0.3 is 0 Å². The summed E-state index contributed by atoms with van der Waals surface area (Å²) in [5, 5.41) is 16.4. The molecule has 0 aliphatic rings. The molecule has 4 aromatic heterocycles. The van der Waals surface area contributed by atoms with Crippen LogP contribution in [0.15, 0.2) is 85.4 Å². The molecule has 0 aliphatic carbocycles. The molecule has 0 saturated heterocycles. The van der Waals surface area contributed by atoms with Gasteiger partial charge in [-0.2, -0.15) is 0 Å². The minimum absolute atomic E-state index is 0.485. The van der Waals surface area contributed by atoms with Crippen molar-refractivity contribution in [2.45, 2.75) is 78.3 Å². The summed E-state index contributed by atoms with van der Waals surface area (Å²) in [7, 11) is 0. The third-order valence-electron chi connectivity index (χ3n) is 7.49. The van der Waals surface area contributed by atoms with Crippen LogP contribution in [0.3, 0.4) is 0 Å². The van der Waals surface area contributed by atoms with E-state index in [4.69, 9.17) is 2.74 Å². The van der Waals surface area contributed by atoms with Gasteiger partial charge in [0.25, 0.3) is 0 Å². The van der Waals surface area contributed by atoms with Crippen LogP contribution in [0.1, 0.15) is 64.0 Å². The van der Waals surface area contributed by atoms with Crippen molar-refractivity contribution in [1.29, 1.82) is 0 Å². The number of rotatable bonds is 14. The Morgan fingerprint density at radius 2 is 1.13 bits per heavy atom. The number of para-hydroxylation sites is 2. The quantitative estimate of drug-likeness (QED) is 0.0929. The molecule has 0 aliphatic heterocycles. The van der Waals surface area contributed by atoms with Gasteiger partial charge in [-0.1, -0.05) is 0 Å². The molecule has 6 rings (SSSR count). The Hall–Kier alpha value is -3.34. The van der Waals surface area contributed by atoms with Crippen LogP contribution in [0.2, 0.25) is 0 Å². The molecule has 0 saturated carbocycles. The standard InChI is InChI=1S/2C18H20N4.2Pt/c2*1-16-14-17(20-19-16)8-4-3-7-11-21-12-13-22(15-21)18-9-5-2-6-10-18;;/h2*2,5-6,9,12-14H,3-4,7-8,11H2,1H3;;/q2*-2;;/i2*2D;;. The number of aromatic nitrogens is 8. The molecule has 248 valence electrons. The molecule has 2 aromatic carbocycles. The molecule has 4 heterocycles. The van der Waals surface area contributed by atoms with Crippen molar-refractivity contribution in [2.75, 3.05) is 0 Å². The van der Waals surface area contributed by atoms with E-state index in [0.29, 0.717) is 12.1 Å². The van der Waals surface area contributed by atoms with E-state index in [9.17, 15) is 0 Å². The molecule has 46 heavy (non-hydrogen) atoms. The van der Waals surface area contributed by atoms with Gasteiger partial charge in [-0.3, -0.25) is 0 Å². The number of aryl methyl sites for hydroxylation is 6. The summed E-state index contributed by atoms with van der Waals surface area (Å²) < 4.78 is 26.1. The van der Waals surface area contributed by atoms with Crippen LogP contribution < -0.4 is 10.2 Å². The fourth-order valence-electron chi connectivity index (χ4n) is 5.10. The molecular formula is C36H40N8Pt2-4. The summed E-state index contributed by atoms with van der Waals surface area (Å²) >= 11 is 4.69. The Bertz CT molecular complexity index is 1830. The fourth-order valence-corrected chi connectivity index (χ4v) is 6.83. The molecule has 10 heteroatoms. The number of unbranched alkanes of at least 4 members (excludes halogenated alkanes) is 4. The van der Waals surface area contributed by atoms with Gasteiger partial charge in [-0.15, -0.1) is 0 Å². The van der Waals surface area contributed by atoms with Crippen molar-refractivity contribution in [3.8, 4) is 11.4 Å². The normalized spacial score (nSPS) is 11.7. The maximum absolute atomic E-state index is 7.55. The first-order chi connectivity index (χ1) is 23.3. The fraction of sp³-hybridized carbons (Fsp3) is 0.333. The van der Waals surface area contributed by atoms with Crippen molar-refractivity contribution in [3.63, 3.8) is 0 Å². The molecule has 0 N–H and O–H groups in total. The average Bonchev–Trinajstić information content (AvgIpc) is 3.87. The second-order valence-corrected chi connectivity index (χ2v) is 13.2. The predicted molar refractivity (Wildman–Crippen MR) is 171 cm³/mol. The second-order valence-electron chi connectivity index (χ2n) is 11.1. The van der Waals surface area contributed by atoms with Crippen molar-refractivity contribution in [2.24, 2.45) is 0 Å². The Morgan fingerprint density at radius 3 is 1.50 bits per heavy atom. The van der Waals surface area contributed by atoms with E-state index in [-0.39, 0.29) is 0 Å². The van der Waals surface area contributed by atoms with E-state index in [0.717, 1.165) is 93.4 Å². The van der Waals surface area contributed by atoms with Gasteiger partial charge in [0.2, 0.25) is 0 Å². The van der Waals surface area contributed by atoms with Crippen molar-refractivity contribution >= 4 is 0 Å². The Morgan fingerprint density at radius 1 is 0.674 bits per heavy atom. The third-order valence-corrected chi connectivity index (χ3v) is 9.89. The number of benzene rings is 2. The molecule has 0 radical (unpaired) electrons. The van der Waals surface area contributed by atoms with E-state index in [2.05, 4.69) is 126 Å². The zero-order valence-corrected chi connectivity index (χ0v) is 30.8. The number of hydrogen-bond donors (Lipinski definition) is 0. The molecule has 8 nitrogen and oxygen atoms in total. The molecule has 0 atom stereocenters. The summed E-state index contributed by atoms with van der Waals surface area (Å²) in [6, 6.07) is 22.2. The van der Waals surface area contributed by atoms with Crippen LogP contribution in [0.4, 0.5) is 0 Å². The summed E-state index contributed by atoms with van der Waals surface area (Å²) in [5.74, 6) is 0. The maximum atomic E-state index is 7.55. The van der Waals surface area contributed by atoms with E-state index < -0.39 is 0 Å². The van der Waals surface area contributed by atoms with Crippen LogP contribution in [-0.2, 0) is 64.6 Å². The summed E-state index contributed by atoms with van der Waals surface area (Å²) in [6.45, 7) is 5.98. The van der Waals surface area contributed by atoms with E-state index in [1.807, 2.05) is 26.0 Å². The zero-order valence-electron chi connectivity index (χ0n) is 28.2. The van der Waals surface area contributed by atoms with Gasteiger partial charge in [0.15, 0.2) is 0 Å².